The van der Waals surface area contributed by atoms with E-state index in [0.29, 0.717) is 5.76 Å². The van der Waals surface area contributed by atoms with E-state index in [4.69, 9.17) is 11.2 Å². The molecule has 0 aliphatic rings. The molecule has 0 rings (SSSR count). The van der Waals surface area contributed by atoms with E-state index in [-0.39, 0.29) is 0 Å². The van der Waals surface area contributed by atoms with E-state index in [9.17, 15) is 0 Å². The summed E-state index contributed by atoms with van der Waals surface area (Å²) in [5.41, 5.74) is 3.55. The molecule has 0 aromatic carbocycles. The van der Waals surface area contributed by atoms with Crippen molar-refractivity contribution in [1.82, 2.24) is 0 Å². The summed E-state index contributed by atoms with van der Waals surface area (Å²) in [6.45, 7) is 5.30. The molecule has 0 aliphatic carbocycles. The first-order valence-electron chi connectivity index (χ1n) is 2.83. The van der Waals surface area contributed by atoms with Crippen LogP contribution >= 0.6 is 0 Å². The van der Waals surface area contributed by atoms with Crippen molar-refractivity contribution in [2.24, 2.45) is 0 Å². The molecule has 0 radical (unpaired) electrons. The summed E-state index contributed by atoms with van der Waals surface area (Å²) in [6.07, 6.45) is 6.78. The van der Waals surface area contributed by atoms with Crippen LogP contribution in [0, 0.1) is 12.3 Å². The van der Waals surface area contributed by atoms with Gasteiger partial charge in [-0.2, -0.15) is 0 Å². The molecule has 0 saturated heterocycles. The van der Waals surface area contributed by atoms with Gasteiger partial charge in [-0.25, -0.2) is 0 Å². The van der Waals surface area contributed by atoms with Crippen LogP contribution in [-0.4, -0.2) is 7.11 Å². The van der Waals surface area contributed by atoms with Crippen LogP contribution < -0.4 is 0 Å². The maximum Gasteiger partial charge on any atom is 0.170 e. The lowest BCUT2D eigenvalue weighted by molar-refractivity contribution is 0.311. The predicted molar refractivity (Wildman–Crippen MR) is 42.3 cm³/mol. The van der Waals surface area contributed by atoms with E-state index in [1.807, 2.05) is 6.92 Å². The average molecular weight is 134 g/mol. The Kier molecular flexibility index (Phi) is 3.87. The SMILES string of the molecule is C#C/C(=C/C(C)=C=C)OC. The summed E-state index contributed by atoms with van der Waals surface area (Å²) in [4.78, 5) is 0. The first-order chi connectivity index (χ1) is 4.74. The Balaban J connectivity index is 4.44. The summed E-state index contributed by atoms with van der Waals surface area (Å²) >= 11 is 0. The fourth-order valence-corrected chi connectivity index (χ4v) is 0.407. The van der Waals surface area contributed by atoms with Gasteiger partial charge in [0.15, 0.2) is 5.76 Å². The van der Waals surface area contributed by atoms with Crippen LogP contribution in [0.5, 0.6) is 0 Å². The second kappa shape index (κ2) is 4.49. The summed E-state index contributed by atoms with van der Waals surface area (Å²) in [7, 11) is 1.53. The first kappa shape index (κ1) is 8.62. The number of ether oxygens (including phenoxy) is 1. The van der Waals surface area contributed by atoms with Crippen LogP contribution in [0.1, 0.15) is 6.92 Å². The number of methoxy groups -OCH3 is 1. The van der Waals surface area contributed by atoms with Crippen molar-refractivity contribution in [3.05, 3.63) is 29.7 Å². The van der Waals surface area contributed by atoms with E-state index < -0.39 is 0 Å². The van der Waals surface area contributed by atoms with Crippen molar-refractivity contribution in [3.63, 3.8) is 0 Å². The van der Waals surface area contributed by atoms with Gasteiger partial charge in [0.2, 0.25) is 0 Å². The molecule has 10 heavy (non-hydrogen) atoms. The number of terminal acetylenes is 1. The minimum atomic E-state index is 0.494. The molecule has 0 aliphatic heterocycles. The van der Waals surface area contributed by atoms with Crippen LogP contribution in [0.2, 0.25) is 0 Å². The Morgan fingerprint density at radius 3 is 2.60 bits per heavy atom. The van der Waals surface area contributed by atoms with Gasteiger partial charge in [0.05, 0.1) is 7.11 Å². The van der Waals surface area contributed by atoms with E-state index in [1.54, 1.807) is 6.08 Å². The molecule has 52 valence electrons. The monoisotopic (exact) mass is 134 g/mol. The zero-order valence-electron chi connectivity index (χ0n) is 6.27. The highest BCUT2D eigenvalue weighted by Crippen LogP contribution is 1.98. The average Bonchev–Trinajstić information content (AvgIpc) is 1.99. The van der Waals surface area contributed by atoms with E-state index in [1.165, 1.54) is 7.11 Å². The van der Waals surface area contributed by atoms with Crippen molar-refractivity contribution in [3.8, 4) is 12.3 Å². The Labute approximate surface area is 61.7 Å². The topological polar surface area (TPSA) is 9.23 Å². The molecule has 0 saturated carbocycles. The molecule has 0 unspecified atom stereocenters. The van der Waals surface area contributed by atoms with E-state index in [0.717, 1.165) is 5.57 Å². The van der Waals surface area contributed by atoms with E-state index >= 15 is 0 Å². The fourth-order valence-electron chi connectivity index (χ4n) is 0.407. The minimum absolute atomic E-state index is 0.494. The minimum Gasteiger partial charge on any atom is -0.489 e. The molecule has 0 fully saturated rings. The second-order valence-corrected chi connectivity index (χ2v) is 1.72. The third-order valence-electron chi connectivity index (χ3n) is 0.989. The van der Waals surface area contributed by atoms with Gasteiger partial charge >= 0.3 is 0 Å². The smallest absolute Gasteiger partial charge is 0.170 e. The molecule has 0 N–H and O–H groups in total. The third kappa shape index (κ3) is 2.81. The second-order valence-electron chi connectivity index (χ2n) is 1.72. The Bertz CT molecular complexity index is 222. The van der Waals surface area contributed by atoms with Crippen molar-refractivity contribution in [2.45, 2.75) is 6.92 Å². The van der Waals surface area contributed by atoms with Crippen molar-refractivity contribution < 1.29 is 4.74 Å². The Morgan fingerprint density at radius 2 is 2.30 bits per heavy atom. The van der Waals surface area contributed by atoms with Gasteiger partial charge in [0.25, 0.3) is 0 Å². The lowest BCUT2D eigenvalue weighted by Gasteiger charge is -1.94. The third-order valence-corrected chi connectivity index (χ3v) is 0.989. The summed E-state index contributed by atoms with van der Waals surface area (Å²) in [6, 6.07) is 0. The maximum absolute atomic E-state index is 5.08. The van der Waals surface area contributed by atoms with Gasteiger partial charge in [-0.1, -0.05) is 6.58 Å². The van der Waals surface area contributed by atoms with Crippen LogP contribution in [-0.2, 0) is 4.74 Å². The zero-order chi connectivity index (χ0) is 7.98. The molecular weight excluding hydrogens is 124 g/mol. The number of rotatable bonds is 2. The van der Waals surface area contributed by atoms with Gasteiger partial charge in [-0.15, -0.1) is 12.2 Å². The highest BCUT2D eigenvalue weighted by molar-refractivity contribution is 5.27. The number of hydrogen-bond acceptors (Lipinski definition) is 1. The van der Waals surface area contributed by atoms with Crippen LogP contribution in [0.4, 0.5) is 0 Å². The molecule has 1 heteroatoms. The van der Waals surface area contributed by atoms with Crippen molar-refractivity contribution in [1.29, 1.82) is 0 Å². The summed E-state index contributed by atoms with van der Waals surface area (Å²) in [5.74, 6) is 2.86. The molecule has 0 atom stereocenters. The highest BCUT2D eigenvalue weighted by atomic mass is 16.5. The molecular formula is C9H10O. The summed E-state index contributed by atoms with van der Waals surface area (Å²) < 4.78 is 4.81. The quantitative estimate of drug-likeness (QED) is 0.242. The molecule has 0 aromatic rings. The molecule has 0 amide bonds. The van der Waals surface area contributed by atoms with Gasteiger partial charge in [0.1, 0.15) is 0 Å². The van der Waals surface area contributed by atoms with Crippen LogP contribution in [0.25, 0.3) is 0 Å². The first-order valence-corrected chi connectivity index (χ1v) is 2.83. The lowest BCUT2D eigenvalue weighted by Crippen LogP contribution is -1.81. The molecule has 0 spiro atoms. The maximum atomic E-state index is 5.08. The molecule has 1 nitrogen and oxygen atoms in total. The zero-order valence-corrected chi connectivity index (χ0v) is 6.27. The highest BCUT2D eigenvalue weighted by Gasteiger charge is 1.87. The van der Waals surface area contributed by atoms with Crippen molar-refractivity contribution in [2.75, 3.05) is 7.11 Å². The van der Waals surface area contributed by atoms with Gasteiger partial charge in [-0.3, -0.25) is 0 Å². The normalized spacial score (nSPS) is 9.50. The fraction of sp³-hybridized carbons (Fsp3) is 0.222. The molecule has 0 heterocycles. The van der Waals surface area contributed by atoms with Gasteiger partial charge in [-0.05, 0) is 24.5 Å². The lowest BCUT2D eigenvalue weighted by atomic mass is 10.3. The van der Waals surface area contributed by atoms with E-state index in [2.05, 4.69) is 18.2 Å². The summed E-state index contributed by atoms with van der Waals surface area (Å²) in [5, 5.41) is 0. The Morgan fingerprint density at radius 1 is 1.70 bits per heavy atom. The van der Waals surface area contributed by atoms with Crippen LogP contribution in [0.3, 0.4) is 0 Å². The van der Waals surface area contributed by atoms with Crippen LogP contribution in [0.15, 0.2) is 29.7 Å². The number of hydrogen-bond donors (Lipinski definition) is 0. The predicted octanol–water partition coefficient (Wildman–Crippen LogP) is 1.88. The largest absolute Gasteiger partial charge is 0.489 e. The van der Waals surface area contributed by atoms with Gasteiger partial charge in [0, 0.05) is 0 Å². The van der Waals surface area contributed by atoms with Crippen molar-refractivity contribution >= 4 is 0 Å². The number of allylic oxidation sites excluding steroid dienone is 3. The molecule has 0 aromatic heterocycles. The standard InChI is InChI=1S/C9H10O/c1-5-8(3)7-9(6-2)10-4/h2,7H,1H2,3-4H3/b9-7-. The molecule has 0 bridgehead atoms. The van der Waals surface area contributed by atoms with Gasteiger partial charge < -0.3 is 4.74 Å². The Hall–Kier alpha value is -1.38.